The topological polar surface area (TPSA) is 81.7 Å². The fourth-order valence-corrected chi connectivity index (χ4v) is 5.28. The highest BCUT2D eigenvalue weighted by Crippen LogP contribution is 2.29. The van der Waals surface area contributed by atoms with Crippen molar-refractivity contribution in [1.82, 2.24) is 5.32 Å². The SMILES string of the molecule is C=C(C)CCCCCCCCCCCCCCCCC(=O)N[C@@H](CCC(=O)Oc1c(F)c(F)c(F)c(F)c1F)C(=O)OCc1ccccc1. The molecule has 0 aliphatic carbocycles. The van der Waals surface area contributed by atoms with Crippen molar-refractivity contribution in [1.29, 1.82) is 0 Å². The van der Waals surface area contributed by atoms with E-state index in [1.54, 1.807) is 30.3 Å². The first-order chi connectivity index (χ1) is 23.5. The van der Waals surface area contributed by atoms with Gasteiger partial charge in [0.2, 0.25) is 40.7 Å². The number of hydrogen-bond acceptors (Lipinski definition) is 5. The molecule has 49 heavy (non-hydrogen) atoms. The average Bonchev–Trinajstić information content (AvgIpc) is 3.09. The minimum absolute atomic E-state index is 0.114. The van der Waals surface area contributed by atoms with Crippen molar-refractivity contribution in [2.45, 2.75) is 135 Å². The standard InChI is InChI=1S/C38H50F5NO5/c1-27(2)20-16-13-11-9-7-5-3-4-6-8-10-12-14-19-23-30(45)44-29(38(47)48-26-28-21-17-15-18-22-28)24-25-31(46)49-37-35(42)33(40)32(39)34(41)36(37)43/h15,17-18,21-22,29H,1,3-14,16,19-20,23-26H2,2H3,(H,44,45)/t29-/m0/s1. The van der Waals surface area contributed by atoms with Gasteiger partial charge >= 0.3 is 11.9 Å². The van der Waals surface area contributed by atoms with Crippen LogP contribution in [0, 0.1) is 29.1 Å². The zero-order valence-corrected chi connectivity index (χ0v) is 28.5. The summed E-state index contributed by atoms with van der Waals surface area (Å²) in [7, 11) is 0. The molecule has 2 aromatic rings. The molecule has 0 saturated heterocycles. The van der Waals surface area contributed by atoms with E-state index in [1.807, 2.05) is 0 Å². The van der Waals surface area contributed by atoms with Crippen molar-refractivity contribution < 1.29 is 45.8 Å². The number of ether oxygens (including phenoxy) is 2. The van der Waals surface area contributed by atoms with Crippen LogP contribution < -0.4 is 10.1 Å². The highest BCUT2D eigenvalue weighted by atomic mass is 19.2. The second kappa shape index (κ2) is 23.6. The molecule has 0 aliphatic rings. The van der Waals surface area contributed by atoms with Gasteiger partial charge < -0.3 is 14.8 Å². The fraction of sp³-hybridized carbons (Fsp3) is 0.553. The largest absolute Gasteiger partial charge is 0.459 e. The predicted molar refractivity (Wildman–Crippen MR) is 178 cm³/mol. The molecule has 2 aromatic carbocycles. The van der Waals surface area contributed by atoms with Gasteiger partial charge in [0.25, 0.3) is 0 Å². The summed E-state index contributed by atoms with van der Waals surface area (Å²) in [6.45, 7) is 5.91. The number of amides is 1. The maximum atomic E-state index is 13.9. The summed E-state index contributed by atoms with van der Waals surface area (Å²) >= 11 is 0. The molecule has 2 rings (SSSR count). The Morgan fingerprint density at radius 2 is 1.10 bits per heavy atom. The minimum Gasteiger partial charge on any atom is -0.459 e. The molecule has 0 spiro atoms. The Morgan fingerprint density at radius 1 is 0.653 bits per heavy atom. The molecule has 1 amide bonds. The lowest BCUT2D eigenvalue weighted by atomic mass is 10.0. The summed E-state index contributed by atoms with van der Waals surface area (Å²) in [6.07, 6.45) is 16.2. The number of hydrogen-bond donors (Lipinski definition) is 1. The van der Waals surface area contributed by atoms with Gasteiger partial charge in [-0.15, -0.1) is 6.58 Å². The number of allylic oxidation sites excluding steroid dienone is 1. The number of rotatable bonds is 25. The summed E-state index contributed by atoms with van der Waals surface area (Å²) in [5, 5.41) is 2.53. The van der Waals surface area contributed by atoms with Crippen LogP contribution in [-0.4, -0.2) is 23.9 Å². The van der Waals surface area contributed by atoms with Crippen molar-refractivity contribution in [3.63, 3.8) is 0 Å². The number of benzene rings is 2. The van der Waals surface area contributed by atoms with Crippen LogP contribution in [0.3, 0.4) is 0 Å². The van der Waals surface area contributed by atoms with E-state index in [9.17, 15) is 36.3 Å². The molecule has 0 unspecified atom stereocenters. The lowest BCUT2D eigenvalue weighted by Crippen LogP contribution is -2.42. The molecule has 0 aromatic heterocycles. The number of nitrogens with one attached hydrogen (secondary N) is 1. The molecule has 0 aliphatic heterocycles. The maximum Gasteiger partial charge on any atom is 0.328 e. The van der Waals surface area contributed by atoms with Crippen molar-refractivity contribution >= 4 is 17.8 Å². The van der Waals surface area contributed by atoms with Crippen molar-refractivity contribution in [3.8, 4) is 5.75 Å². The van der Waals surface area contributed by atoms with E-state index in [0.29, 0.717) is 12.0 Å². The first-order valence-corrected chi connectivity index (χ1v) is 17.4. The quantitative estimate of drug-likeness (QED) is 0.0213. The Labute approximate surface area is 286 Å². The summed E-state index contributed by atoms with van der Waals surface area (Å²) in [5.41, 5.74) is 1.94. The van der Waals surface area contributed by atoms with Crippen LogP contribution in [0.1, 0.15) is 128 Å². The molecule has 0 radical (unpaired) electrons. The lowest BCUT2D eigenvalue weighted by Gasteiger charge is -2.18. The Hall–Kier alpha value is -3.76. The molecule has 0 bridgehead atoms. The van der Waals surface area contributed by atoms with Gasteiger partial charge in [-0.1, -0.05) is 113 Å². The third-order valence-electron chi connectivity index (χ3n) is 8.12. The van der Waals surface area contributed by atoms with Crippen LogP contribution in [0.5, 0.6) is 5.75 Å². The highest BCUT2D eigenvalue weighted by molar-refractivity contribution is 5.85. The number of carbonyl (C=O) groups excluding carboxylic acids is 3. The molecular formula is C38H50F5NO5. The average molecular weight is 696 g/mol. The van der Waals surface area contributed by atoms with Gasteiger partial charge in [0.1, 0.15) is 12.6 Å². The van der Waals surface area contributed by atoms with Gasteiger partial charge in [0.15, 0.2) is 0 Å². The fourth-order valence-electron chi connectivity index (χ4n) is 5.28. The zero-order chi connectivity index (χ0) is 36.0. The van der Waals surface area contributed by atoms with Crippen molar-refractivity contribution in [2.24, 2.45) is 0 Å². The Balaban J connectivity index is 1.72. The van der Waals surface area contributed by atoms with Gasteiger partial charge in [-0.25, -0.2) is 18.0 Å². The maximum absolute atomic E-state index is 13.9. The van der Waals surface area contributed by atoms with Gasteiger partial charge in [-0.05, 0) is 38.2 Å². The molecule has 272 valence electrons. The Bertz CT molecular complexity index is 1310. The van der Waals surface area contributed by atoms with Gasteiger partial charge in [0, 0.05) is 12.8 Å². The third kappa shape index (κ3) is 16.5. The second-order valence-electron chi connectivity index (χ2n) is 12.5. The normalized spacial score (nSPS) is 11.6. The van der Waals surface area contributed by atoms with Crippen LogP contribution in [0.2, 0.25) is 0 Å². The molecule has 11 heteroatoms. The monoisotopic (exact) mass is 695 g/mol. The van der Waals surface area contributed by atoms with Crippen LogP contribution in [0.4, 0.5) is 22.0 Å². The molecule has 0 fully saturated rings. The summed E-state index contributed by atoms with van der Waals surface area (Å²) in [6, 6.07) is 7.39. The van der Waals surface area contributed by atoms with E-state index in [0.717, 1.165) is 32.1 Å². The van der Waals surface area contributed by atoms with E-state index >= 15 is 0 Å². The first kappa shape index (κ1) is 41.4. The molecule has 1 N–H and O–H groups in total. The van der Waals surface area contributed by atoms with Gasteiger partial charge in [0.05, 0.1) is 0 Å². The predicted octanol–water partition coefficient (Wildman–Crippen LogP) is 10.1. The molecular weight excluding hydrogens is 645 g/mol. The summed E-state index contributed by atoms with van der Waals surface area (Å²) in [4.78, 5) is 37.8. The molecule has 1 atom stereocenters. The number of unbranched alkanes of at least 4 members (excludes halogenated alkanes) is 13. The van der Waals surface area contributed by atoms with Crippen LogP contribution >= 0.6 is 0 Å². The van der Waals surface area contributed by atoms with E-state index in [-0.39, 0.29) is 13.0 Å². The smallest absolute Gasteiger partial charge is 0.328 e. The number of carbonyl (C=O) groups is 3. The van der Waals surface area contributed by atoms with Crippen molar-refractivity contribution in [2.75, 3.05) is 0 Å². The third-order valence-corrected chi connectivity index (χ3v) is 8.12. The second-order valence-corrected chi connectivity index (χ2v) is 12.5. The summed E-state index contributed by atoms with van der Waals surface area (Å²) in [5.74, 6) is -16.0. The Morgan fingerprint density at radius 3 is 1.59 bits per heavy atom. The number of esters is 2. The van der Waals surface area contributed by atoms with E-state index in [2.05, 4.69) is 23.6 Å². The van der Waals surface area contributed by atoms with E-state index < -0.39 is 71.6 Å². The van der Waals surface area contributed by atoms with Crippen molar-refractivity contribution in [3.05, 3.63) is 77.1 Å². The molecule has 0 heterocycles. The van der Waals surface area contributed by atoms with Gasteiger partial charge in [-0.2, -0.15) is 8.78 Å². The molecule has 0 saturated carbocycles. The van der Waals surface area contributed by atoms with E-state index in [1.165, 1.54) is 63.4 Å². The van der Waals surface area contributed by atoms with Gasteiger partial charge in [-0.3, -0.25) is 9.59 Å². The molecule has 6 nitrogen and oxygen atoms in total. The zero-order valence-electron chi connectivity index (χ0n) is 28.5. The highest BCUT2D eigenvalue weighted by Gasteiger charge is 2.29. The first-order valence-electron chi connectivity index (χ1n) is 17.4. The van der Waals surface area contributed by atoms with Crippen LogP contribution in [-0.2, 0) is 25.7 Å². The van der Waals surface area contributed by atoms with Crippen LogP contribution in [0.15, 0.2) is 42.5 Å². The Kier molecular flexibility index (Phi) is 19.9. The lowest BCUT2D eigenvalue weighted by molar-refractivity contribution is -0.149. The summed E-state index contributed by atoms with van der Waals surface area (Å²) < 4.78 is 77.9. The number of halogens is 5. The minimum atomic E-state index is -2.39. The van der Waals surface area contributed by atoms with Crippen LogP contribution in [0.25, 0.3) is 0 Å². The van der Waals surface area contributed by atoms with E-state index in [4.69, 9.17) is 4.74 Å².